The largest absolute Gasteiger partial charge is 0.326 e. The number of aryl methyl sites for hydroxylation is 1. The fraction of sp³-hybridized carbons (Fsp3) is 0.154. The monoisotopic (exact) mass is 311 g/mol. The van der Waals surface area contributed by atoms with E-state index >= 15 is 0 Å². The summed E-state index contributed by atoms with van der Waals surface area (Å²) in [5, 5.41) is 0.327. The summed E-state index contributed by atoms with van der Waals surface area (Å²) in [5.74, 6) is 0.298. The third kappa shape index (κ3) is 3.09. The van der Waals surface area contributed by atoms with E-state index < -0.39 is 10.0 Å². The first-order valence-electron chi connectivity index (χ1n) is 5.87. The third-order valence-electron chi connectivity index (χ3n) is 2.80. The fourth-order valence-corrected chi connectivity index (χ4v) is 3.07. The van der Waals surface area contributed by atoms with Gasteiger partial charge in [-0.05, 0) is 36.2 Å². The molecule has 0 unspecified atom stereocenters. The van der Waals surface area contributed by atoms with E-state index in [1.165, 1.54) is 18.3 Å². The molecule has 0 fully saturated rings. The summed E-state index contributed by atoms with van der Waals surface area (Å²) >= 11 is 5.98. The summed E-state index contributed by atoms with van der Waals surface area (Å²) in [7, 11) is -3.72. The van der Waals surface area contributed by atoms with Gasteiger partial charge in [-0.15, -0.1) is 0 Å². The highest BCUT2D eigenvalue weighted by Gasteiger charge is 2.17. The molecule has 1 heterocycles. The fourth-order valence-electron chi connectivity index (χ4n) is 1.64. The molecule has 1 aromatic carbocycles. The highest BCUT2D eigenvalue weighted by Crippen LogP contribution is 2.22. The molecule has 5 nitrogen and oxygen atoms in total. The number of hydrogen-bond donors (Lipinski definition) is 2. The Morgan fingerprint density at radius 3 is 2.70 bits per heavy atom. The Morgan fingerprint density at radius 2 is 2.10 bits per heavy atom. The maximum Gasteiger partial charge on any atom is 0.263 e. The van der Waals surface area contributed by atoms with Crippen LogP contribution in [-0.4, -0.2) is 13.4 Å². The Hall–Kier alpha value is -1.63. The molecule has 0 amide bonds. The van der Waals surface area contributed by atoms with Crippen LogP contribution in [0.4, 0.5) is 5.82 Å². The van der Waals surface area contributed by atoms with Gasteiger partial charge in [0.05, 0.1) is 4.90 Å². The SMILES string of the molecule is Cc1cccnc1NS(=O)(=O)c1ccc(CN)c(Cl)c1. The lowest BCUT2D eigenvalue weighted by Gasteiger charge is -2.10. The Morgan fingerprint density at radius 1 is 1.35 bits per heavy atom. The molecule has 0 atom stereocenters. The number of nitrogens with two attached hydrogens (primary N) is 1. The molecule has 0 bridgehead atoms. The molecule has 3 N–H and O–H groups in total. The molecule has 0 radical (unpaired) electrons. The maximum absolute atomic E-state index is 12.3. The van der Waals surface area contributed by atoms with E-state index in [4.69, 9.17) is 17.3 Å². The molecule has 0 aliphatic carbocycles. The first kappa shape index (κ1) is 14.8. The molecule has 2 aromatic rings. The van der Waals surface area contributed by atoms with Crippen LogP contribution in [0.3, 0.4) is 0 Å². The summed E-state index contributed by atoms with van der Waals surface area (Å²) in [6, 6.07) is 7.95. The highest BCUT2D eigenvalue weighted by atomic mass is 35.5. The van der Waals surface area contributed by atoms with Gasteiger partial charge in [0, 0.05) is 17.8 Å². The van der Waals surface area contributed by atoms with Crippen molar-refractivity contribution in [1.82, 2.24) is 4.98 Å². The Balaban J connectivity index is 2.36. The van der Waals surface area contributed by atoms with Crippen LogP contribution in [-0.2, 0) is 16.6 Å². The summed E-state index contributed by atoms with van der Waals surface area (Å²) in [4.78, 5) is 4.08. The lowest BCUT2D eigenvalue weighted by molar-refractivity contribution is 0.601. The average molecular weight is 312 g/mol. The predicted octanol–water partition coefficient (Wildman–Crippen LogP) is 2.30. The maximum atomic E-state index is 12.3. The molecular weight excluding hydrogens is 298 g/mol. The van der Waals surface area contributed by atoms with Crippen LogP contribution in [0.25, 0.3) is 0 Å². The standard InChI is InChI=1S/C13H14ClN3O2S/c1-9-3-2-6-16-13(9)17-20(18,19)11-5-4-10(8-15)12(14)7-11/h2-7H,8,15H2,1H3,(H,16,17). The summed E-state index contributed by atoms with van der Waals surface area (Å²) < 4.78 is 27.0. The normalized spacial score (nSPS) is 11.3. The number of halogens is 1. The van der Waals surface area contributed by atoms with Crippen molar-refractivity contribution in [1.29, 1.82) is 0 Å². The van der Waals surface area contributed by atoms with Gasteiger partial charge in [-0.1, -0.05) is 23.7 Å². The number of nitrogens with zero attached hydrogens (tertiary/aromatic N) is 1. The smallest absolute Gasteiger partial charge is 0.263 e. The van der Waals surface area contributed by atoms with Crippen LogP contribution < -0.4 is 10.5 Å². The average Bonchev–Trinajstić information content (AvgIpc) is 2.41. The quantitative estimate of drug-likeness (QED) is 0.907. The number of benzene rings is 1. The van der Waals surface area contributed by atoms with Gasteiger partial charge in [-0.3, -0.25) is 4.72 Å². The molecule has 1 aromatic heterocycles. The number of pyridine rings is 1. The van der Waals surface area contributed by atoms with Gasteiger partial charge in [0.2, 0.25) is 0 Å². The van der Waals surface area contributed by atoms with Crippen LogP contribution >= 0.6 is 11.6 Å². The minimum atomic E-state index is -3.72. The summed E-state index contributed by atoms with van der Waals surface area (Å²) in [6.45, 7) is 2.03. The molecule has 106 valence electrons. The van der Waals surface area contributed by atoms with Crippen LogP contribution in [0.1, 0.15) is 11.1 Å². The lowest BCUT2D eigenvalue weighted by atomic mass is 10.2. The number of rotatable bonds is 4. The molecule has 0 aliphatic heterocycles. The predicted molar refractivity (Wildman–Crippen MR) is 79.1 cm³/mol. The van der Waals surface area contributed by atoms with Gasteiger partial charge in [0.1, 0.15) is 5.82 Å². The van der Waals surface area contributed by atoms with Crippen molar-refractivity contribution < 1.29 is 8.42 Å². The van der Waals surface area contributed by atoms with Gasteiger partial charge >= 0.3 is 0 Å². The van der Waals surface area contributed by atoms with Crippen LogP contribution in [0.2, 0.25) is 5.02 Å². The molecule has 2 rings (SSSR count). The lowest BCUT2D eigenvalue weighted by Crippen LogP contribution is -2.15. The van der Waals surface area contributed by atoms with Crippen LogP contribution in [0, 0.1) is 6.92 Å². The van der Waals surface area contributed by atoms with Crippen LogP contribution in [0.15, 0.2) is 41.4 Å². The summed E-state index contributed by atoms with van der Waals surface area (Å²) in [5.41, 5.74) is 6.92. The second-order valence-electron chi connectivity index (χ2n) is 4.23. The number of nitrogens with one attached hydrogen (secondary N) is 1. The van der Waals surface area contributed by atoms with Crippen LogP contribution in [0.5, 0.6) is 0 Å². The minimum absolute atomic E-state index is 0.0738. The topological polar surface area (TPSA) is 85.1 Å². The zero-order chi connectivity index (χ0) is 14.8. The van der Waals surface area contributed by atoms with E-state index in [2.05, 4.69) is 9.71 Å². The number of sulfonamides is 1. The highest BCUT2D eigenvalue weighted by molar-refractivity contribution is 7.92. The Bertz CT molecular complexity index is 732. The van der Waals surface area contributed by atoms with E-state index in [0.717, 1.165) is 5.56 Å². The molecule has 20 heavy (non-hydrogen) atoms. The van der Waals surface area contributed by atoms with Crippen molar-refractivity contribution in [2.75, 3.05) is 4.72 Å². The molecule has 0 spiro atoms. The minimum Gasteiger partial charge on any atom is -0.326 e. The zero-order valence-corrected chi connectivity index (χ0v) is 12.4. The van der Waals surface area contributed by atoms with Crippen molar-refractivity contribution in [3.63, 3.8) is 0 Å². The van der Waals surface area contributed by atoms with E-state index in [0.29, 0.717) is 16.4 Å². The third-order valence-corrected chi connectivity index (χ3v) is 4.48. The Labute approximate surface area is 122 Å². The van der Waals surface area contributed by atoms with E-state index in [9.17, 15) is 8.42 Å². The molecule has 0 saturated heterocycles. The molecular formula is C13H14ClN3O2S. The van der Waals surface area contributed by atoms with Gasteiger partial charge in [0.25, 0.3) is 10.0 Å². The van der Waals surface area contributed by atoms with Gasteiger partial charge in [-0.25, -0.2) is 13.4 Å². The van der Waals surface area contributed by atoms with E-state index in [1.54, 1.807) is 25.1 Å². The van der Waals surface area contributed by atoms with Crippen molar-refractivity contribution in [2.24, 2.45) is 5.73 Å². The Kier molecular flexibility index (Phi) is 4.27. The van der Waals surface area contributed by atoms with E-state index in [1.807, 2.05) is 0 Å². The van der Waals surface area contributed by atoms with Crippen molar-refractivity contribution in [3.8, 4) is 0 Å². The zero-order valence-electron chi connectivity index (χ0n) is 10.8. The van der Waals surface area contributed by atoms with E-state index in [-0.39, 0.29) is 11.4 Å². The molecule has 0 saturated carbocycles. The number of hydrogen-bond acceptors (Lipinski definition) is 4. The first-order chi connectivity index (χ1) is 9.44. The van der Waals surface area contributed by atoms with Gasteiger partial charge in [0.15, 0.2) is 0 Å². The number of aromatic nitrogens is 1. The second-order valence-corrected chi connectivity index (χ2v) is 6.32. The molecule has 0 aliphatic rings. The first-order valence-corrected chi connectivity index (χ1v) is 7.73. The van der Waals surface area contributed by atoms with Crippen molar-refractivity contribution >= 4 is 27.4 Å². The van der Waals surface area contributed by atoms with Crippen molar-refractivity contribution in [2.45, 2.75) is 18.4 Å². The molecule has 7 heteroatoms. The number of anilines is 1. The van der Waals surface area contributed by atoms with Crippen molar-refractivity contribution in [3.05, 3.63) is 52.7 Å². The van der Waals surface area contributed by atoms with Gasteiger partial charge in [-0.2, -0.15) is 0 Å². The van der Waals surface area contributed by atoms with Gasteiger partial charge < -0.3 is 5.73 Å². The second kappa shape index (κ2) is 5.78. The summed E-state index contributed by atoms with van der Waals surface area (Å²) in [6.07, 6.45) is 1.52.